The molecule has 0 radical (unpaired) electrons. The van der Waals surface area contributed by atoms with Gasteiger partial charge in [0.15, 0.2) is 17.6 Å². The number of hydrogen-bond donors (Lipinski definition) is 2. The first kappa shape index (κ1) is 33.8. The minimum absolute atomic E-state index is 0.193. The van der Waals surface area contributed by atoms with Gasteiger partial charge in [-0.05, 0) is 67.4 Å². The molecule has 46 heavy (non-hydrogen) atoms. The minimum Gasteiger partial charge on any atom is -0.490 e. The summed E-state index contributed by atoms with van der Waals surface area (Å²) in [6.45, 7) is 4.00. The van der Waals surface area contributed by atoms with E-state index in [1.54, 1.807) is 49.4 Å². The zero-order valence-corrected chi connectivity index (χ0v) is 26.7. The summed E-state index contributed by atoms with van der Waals surface area (Å²) in [7, 11) is 0. The van der Waals surface area contributed by atoms with Crippen LogP contribution in [0.2, 0.25) is 10.0 Å². The van der Waals surface area contributed by atoms with Crippen LogP contribution in [-0.2, 0) is 22.6 Å². The number of nitriles is 1. The van der Waals surface area contributed by atoms with Crippen LogP contribution in [0.15, 0.2) is 96.1 Å². The first-order chi connectivity index (χ1) is 22.3. The number of nitrogens with zero attached hydrogens (tertiary/aromatic N) is 2. The van der Waals surface area contributed by atoms with E-state index in [1.807, 2.05) is 49.4 Å². The van der Waals surface area contributed by atoms with E-state index in [1.165, 1.54) is 12.3 Å². The molecule has 0 bridgehead atoms. The van der Waals surface area contributed by atoms with Gasteiger partial charge in [0.25, 0.3) is 11.8 Å². The van der Waals surface area contributed by atoms with E-state index in [2.05, 4.69) is 21.9 Å². The van der Waals surface area contributed by atoms with Gasteiger partial charge in [0.05, 0.1) is 29.5 Å². The van der Waals surface area contributed by atoms with Crippen LogP contribution in [0.4, 0.5) is 0 Å². The lowest BCUT2D eigenvalue weighted by atomic mass is 10.1. The van der Waals surface area contributed by atoms with Crippen LogP contribution in [0.5, 0.6) is 17.2 Å². The van der Waals surface area contributed by atoms with Gasteiger partial charge in [0.1, 0.15) is 18.4 Å². The van der Waals surface area contributed by atoms with Crippen molar-refractivity contribution in [2.24, 2.45) is 5.10 Å². The van der Waals surface area contributed by atoms with Crippen molar-refractivity contribution >= 4 is 41.2 Å². The van der Waals surface area contributed by atoms with E-state index in [-0.39, 0.29) is 23.8 Å². The SMILES string of the molecule is CCOc1cc(/C=N\NC(=O)[C@H](Cc2ccccc2)NC(=O)[C@@H](C)Oc2ccc(Cl)cc2Cl)ccc1OCc1ccccc1C#N. The lowest BCUT2D eigenvalue weighted by molar-refractivity contribution is -0.132. The van der Waals surface area contributed by atoms with Gasteiger partial charge >= 0.3 is 0 Å². The van der Waals surface area contributed by atoms with Crippen LogP contribution >= 0.6 is 23.2 Å². The summed E-state index contributed by atoms with van der Waals surface area (Å²) in [6, 6.07) is 27.6. The monoisotopic (exact) mass is 658 g/mol. The molecule has 0 unspecified atom stereocenters. The number of benzene rings is 4. The third-order valence-electron chi connectivity index (χ3n) is 6.66. The molecule has 4 aromatic rings. The second-order valence-corrected chi connectivity index (χ2v) is 10.9. The average Bonchev–Trinajstić information content (AvgIpc) is 3.06. The predicted molar refractivity (Wildman–Crippen MR) is 177 cm³/mol. The summed E-state index contributed by atoms with van der Waals surface area (Å²) >= 11 is 12.1. The molecule has 2 N–H and O–H groups in total. The highest BCUT2D eigenvalue weighted by Crippen LogP contribution is 2.30. The van der Waals surface area contributed by atoms with Gasteiger partial charge in [-0.1, -0.05) is 71.7 Å². The number of ether oxygens (including phenoxy) is 3. The molecule has 0 saturated heterocycles. The number of halogens is 2. The van der Waals surface area contributed by atoms with Crippen LogP contribution in [0.3, 0.4) is 0 Å². The number of carbonyl (C=O) groups is 2. The molecule has 0 aliphatic heterocycles. The van der Waals surface area contributed by atoms with E-state index < -0.39 is 24.0 Å². The molecule has 0 fully saturated rings. The van der Waals surface area contributed by atoms with Crippen LogP contribution in [0.25, 0.3) is 0 Å². The molecule has 0 aromatic heterocycles. The molecule has 2 amide bonds. The van der Waals surface area contributed by atoms with E-state index in [0.29, 0.717) is 34.3 Å². The van der Waals surface area contributed by atoms with Crippen molar-refractivity contribution in [1.29, 1.82) is 5.26 Å². The van der Waals surface area contributed by atoms with Crippen molar-refractivity contribution in [2.75, 3.05) is 6.61 Å². The maximum atomic E-state index is 13.3. The third kappa shape index (κ3) is 9.73. The lowest BCUT2D eigenvalue weighted by Crippen LogP contribution is -2.50. The fourth-order valence-electron chi connectivity index (χ4n) is 4.31. The lowest BCUT2D eigenvalue weighted by Gasteiger charge is -2.21. The molecule has 2 atom stereocenters. The quantitative estimate of drug-likeness (QED) is 0.118. The van der Waals surface area contributed by atoms with Gasteiger partial charge in [-0.25, -0.2) is 5.43 Å². The number of hydrogen-bond acceptors (Lipinski definition) is 7. The Labute approximate surface area is 277 Å². The molecule has 236 valence electrons. The molecule has 0 spiro atoms. The second kappa shape index (κ2) is 16.9. The summed E-state index contributed by atoms with van der Waals surface area (Å²) in [4.78, 5) is 26.3. The number of hydrazone groups is 1. The Bertz CT molecular complexity index is 1730. The maximum absolute atomic E-state index is 13.3. The summed E-state index contributed by atoms with van der Waals surface area (Å²) < 4.78 is 17.4. The molecule has 9 nitrogen and oxygen atoms in total. The Morgan fingerprint density at radius 3 is 2.39 bits per heavy atom. The summed E-state index contributed by atoms with van der Waals surface area (Å²) in [5.41, 5.74) is 5.30. The Kier molecular flexibility index (Phi) is 12.4. The molecular formula is C35H32Cl2N4O5. The molecule has 0 aliphatic carbocycles. The first-order valence-electron chi connectivity index (χ1n) is 14.4. The van der Waals surface area contributed by atoms with Gasteiger partial charge in [0, 0.05) is 17.0 Å². The number of nitrogens with one attached hydrogen (secondary N) is 2. The van der Waals surface area contributed by atoms with Crippen molar-refractivity contribution in [2.45, 2.75) is 39.0 Å². The molecule has 0 aliphatic rings. The highest BCUT2D eigenvalue weighted by Gasteiger charge is 2.25. The largest absolute Gasteiger partial charge is 0.490 e. The van der Waals surface area contributed by atoms with Crippen molar-refractivity contribution in [3.63, 3.8) is 0 Å². The van der Waals surface area contributed by atoms with E-state index in [0.717, 1.165) is 11.1 Å². The molecule has 0 saturated carbocycles. The smallest absolute Gasteiger partial charge is 0.262 e. The molecule has 4 aromatic carbocycles. The van der Waals surface area contributed by atoms with Crippen LogP contribution in [0.1, 0.15) is 36.1 Å². The van der Waals surface area contributed by atoms with E-state index in [9.17, 15) is 14.9 Å². The van der Waals surface area contributed by atoms with E-state index >= 15 is 0 Å². The van der Waals surface area contributed by atoms with Gasteiger partial charge < -0.3 is 19.5 Å². The van der Waals surface area contributed by atoms with Gasteiger partial charge in [-0.3, -0.25) is 9.59 Å². The van der Waals surface area contributed by atoms with Gasteiger partial charge in [0.2, 0.25) is 0 Å². The summed E-state index contributed by atoms with van der Waals surface area (Å²) in [5, 5.41) is 16.9. The van der Waals surface area contributed by atoms with Crippen molar-refractivity contribution in [1.82, 2.24) is 10.7 Å². The molecule has 0 heterocycles. The van der Waals surface area contributed by atoms with Gasteiger partial charge in [-0.2, -0.15) is 10.4 Å². The fourth-order valence-corrected chi connectivity index (χ4v) is 4.77. The molecule has 4 rings (SSSR count). The van der Waals surface area contributed by atoms with E-state index in [4.69, 9.17) is 37.4 Å². The first-order valence-corrected chi connectivity index (χ1v) is 15.2. The van der Waals surface area contributed by atoms with Crippen LogP contribution in [0, 0.1) is 11.3 Å². The topological polar surface area (TPSA) is 122 Å². The minimum atomic E-state index is -0.959. The number of amides is 2. The standard InChI is InChI=1S/C35H32Cl2N4O5/c1-3-44-33-18-25(13-15-32(33)45-22-27-12-8-7-11-26(27)20-38)21-39-41-35(43)30(17-24-9-5-4-6-10-24)40-34(42)23(2)46-31-16-14-28(36)19-29(31)37/h4-16,18-19,21,23,30H,3,17,22H2,1-2H3,(H,40,42)(H,41,43)/b39-21-/t23-,30+/m1/s1. The molecule has 11 heteroatoms. The Hall–Kier alpha value is -5.04. The number of rotatable bonds is 14. The third-order valence-corrected chi connectivity index (χ3v) is 7.19. The fraction of sp³-hybridized carbons (Fsp3) is 0.200. The highest BCUT2D eigenvalue weighted by atomic mass is 35.5. The Morgan fingerprint density at radius 1 is 0.913 bits per heavy atom. The summed E-state index contributed by atoms with van der Waals surface area (Å²) in [6.07, 6.45) is 0.724. The van der Waals surface area contributed by atoms with Crippen molar-refractivity contribution in [3.05, 3.63) is 123 Å². The Balaban J connectivity index is 1.43. The average molecular weight is 660 g/mol. The van der Waals surface area contributed by atoms with Crippen molar-refractivity contribution < 1.29 is 23.8 Å². The van der Waals surface area contributed by atoms with Crippen LogP contribution in [-0.4, -0.2) is 36.8 Å². The van der Waals surface area contributed by atoms with Crippen molar-refractivity contribution in [3.8, 4) is 23.3 Å². The zero-order valence-electron chi connectivity index (χ0n) is 25.2. The maximum Gasteiger partial charge on any atom is 0.262 e. The zero-order chi connectivity index (χ0) is 32.9. The predicted octanol–water partition coefficient (Wildman–Crippen LogP) is 6.49. The number of carbonyl (C=O) groups excluding carboxylic acids is 2. The Morgan fingerprint density at radius 2 is 1.65 bits per heavy atom. The van der Waals surface area contributed by atoms with Crippen LogP contribution < -0.4 is 25.0 Å². The van der Waals surface area contributed by atoms with Gasteiger partial charge in [-0.15, -0.1) is 0 Å². The second-order valence-electron chi connectivity index (χ2n) is 10.0. The summed E-state index contributed by atoms with van der Waals surface area (Å²) in [5.74, 6) is 0.234. The normalized spacial score (nSPS) is 12.1. The molecular weight excluding hydrogens is 627 g/mol. The highest BCUT2D eigenvalue weighted by molar-refractivity contribution is 6.35.